The van der Waals surface area contributed by atoms with E-state index in [0.717, 1.165) is 28.7 Å². The van der Waals surface area contributed by atoms with Crippen LogP contribution in [0.5, 0.6) is 0 Å². The van der Waals surface area contributed by atoms with E-state index in [4.69, 9.17) is 0 Å². The molecule has 0 saturated carbocycles. The molecule has 1 heterocycles. The van der Waals surface area contributed by atoms with Gasteiger partial charge in [-0.1, -0.05) is 28.9 Å². The molecule has 102 valence electrons. The van der Waals surface area contributed by atoms with Gasteiger partial charge < -0.3 is 5.32 Å². The average molecular weight is 326 g/mol. The molecule has 1 aromatic carbocycles. The van der Waals surface area contributed by atoms with Crippen molar-refractivity contribution in [2.45, 2.75) is 19.4 Å². The summed E-state index contributed by atoms with van der Waals surface area (Å²) in [5.41, 5.74) is 1.93. The van der Waals surface area contributed by atoms with Crippen LogP contribution in [0.1, 0.15) is 30.6 Å². The van der Waals surface area contributed by atoms with Gasteiger partial charge in [-0.25, -0.2) is 4.39 Å². The zero-order chi connectivity index (χ0) is 13.8. The predicted molar refractivity (Wildman–Crippen MR) is 77.4 cm³/mol. The van der Waals surface area contributed by atoms with Gasteiger partial charge in [-0.15, -0.1) is 0 Å². The van der Waals surface area contributed by atoms with Crippen molar-refractivity contribution in [2.24, 2.45) is 7.05 Å². The maximum atomic E-state index is 13.2. The fraction of sp³-hybridized carbons (Fsp3) is 0.357. The number of nitrogens with one attached hydrogen (secondary N) is 1. The molecule has 1 unspecified atom stereocenters. The summed E-state index contributed by atoms with van der Waals surface area (Å²) in [7, 11) is 1.89. The topological polar surface area (TPSA) is 29.9 Å². The number of hydrogen-bond acceptors (Lipinski definition) is 2. The van der Waals surface area contributed by atoms with Crippen LogP contribution < -0.4 is 5.32 Å². The van der Waals surface area contributed by atoms with E-state index in [2.05, 4.69) is 33.3 Å². The Bertz CT molecular complexity index is 553. The van der Waals surface area contributed by atoms with Crippen LogP contribution in [0.4, 0.5) is 4.39 Å². The highest BCUT2D eigenvalue weighted by Gasteiger charge is 2.18. The molecule has 0 bridgehead atoms. The molecule has 0 aliphatic rings. The van der Waals surface area contributed by atoms with Gasteiger partial charge in [-0.2, -0.15) is 5.10 Å². The van der Waals surface area contributed by atoms with Crippen molar-refractivity contribution in [3.05, 3.63) is 52.0 Å². The molecule has 1 aromatic heterocycles. The van der Waals surface area contributed by atoms with Crippen LogP contribution in [-0.4, -0.2) is 16.3 Å². The highest BCUT2D eigenvalue weighted by atomic mass is 79.9. The number of aryl methyl sites for hydroxylation is 1. The second-order valence-corrected chi connectivity index (χ2v) is 5.32. The normalized spacial score (nSPS) is 12.6. The quantitative estimate of drug-likeness (QED) is 0.912. The van der Waals surface area contributed by atoms with Gasteiger partial charge in [-0.05, 0) is 36.7 Å². The molecular formula is C14H17BrFN3. The number of nitrogens with zero attached hydrogens (tertiary/aromatic N) is 2. The van der Waals surface area contributed by atoms with Crippen LogP contribution in [0.15, 0.2) is 34.9 Å². The predicted octanol–water partition coefficient (Wildman–Crippen LogP) is 3.41. The smallest absolute Gasteiger partial charge is 0.124 e. The van der Waals surface area contributed by atoms with Crippen LogP contribution in [0.2, 0.25) is 0 Å². The lowest BCUT2D eigenvalue weighted by molar-refractivity contribution is 0.570. The SMILES string of the molecule is CCCNC(c1ccn(C)n1)c1ccc(F)cc1Br. The largest absolute Gasteiger partial charge is 0.305 e. The molecule has 0 amide bonds. The minimum atomic E-state index is -0.245. The van der Waals surface area contributed by atoms with E-state index in [-0.39, 0.29) is 11.9 Å². The van der Waals surface area contributed by atoms with Gasteiger partial charge >= 0.3 is 0 Å². The minimum Gasteiger partial charge on any atom is -0.305 e. The number of benzene rings is 1. The number of rotatable bonds is 5. The van der Waals surface area contributed by atoms with E-state index in [1.54, 1.807) is 10.7 Å². The van der Waals surface area contributed by atoms with Gasteiger partial charge in [0.1, 0.15) is 5.82 Å². The van der Waals surface area contributed by atoms with Crippen molar-refractivity contribution in [2.75, 3.05) is 6.54 Å². The summed E-state index contributed by atoms with van der Waals surface area (Å²) in [6, 6.07) is 6.70. The summed E-state index contributed by atoms with van der Waals surface area (Å²) in [6.07, 6.45) is 2.94. The zero-order valence-electron chi connectivity index (χ0n) is 11.0. The Hall–Kier alpha value is -1.20. The Morgan fingerprint density at radius 1 is 1.42 bits per heavy atom. The van der Waals surface area contributed by atoms with Crippen molar-refractivity contribution >= 4 is 15.9 Å². The van der Waals surface area contributed by atoms with E-state index in [0.29, 0.717) is 0 Å². The standard InChI is InChI=1S/C14H17BrFN3/c1-3-7-17-14(13-6-8-19(2)18-13)11-5-4-10(16)9-12(11)15/h4-6,8-9,14,17H,3,7H2,1-2H3. The van der Waals surface area contributed by atoms with Gasteiger partial charge in [-0.3, -0.25) is 4.68 Å². The van der Waals surface area contributed by atoms with E-state index >= 15 is 0 Å². The Morgan fingerprint density at radius 2 is 2.21 bits per heavy atom. The summed E-state index contributed by atoms with van der Waals surface area (Å²) in [5.74, 6) is -0.245. The molecule has 0 fully saturated rings. The van der Waals surface area contributed by atoms with Crippen molar-refractivity contribution in [3.63, 3.8) is 0 Å². The fourth-order valence-electron chi connectivity index (χ4n) is 1.99. The van der Waals surface area contributed by atoms with Crippen LogP contribution in [0, 0.1) is 5.82 Å². The molecule has 1 N–H and O–H groups in total. The Labute approximate surface area is 121 Å². The first-order chi connectivity index (χ1) is 9.11. The summed E-state index contributed by atoms with van der Waals surface area (Å²) >= 11 is 3.43. The zero-order valence-corrected chi connectivity index (χ0v) is 12.6. The molecule has 0 spiro atoms. The van der Waals surface area contributed by atoms with E-state index in [1.165, 1.54) is 12.1 Å². The van der Waals surface area contributed by atoms with Gasteiger partial charge in [0.15, 0.2) is 0 Å². The summed E-state index contributed by atoms with van der Waals surface area (Å²) < 4.78 is 15.7. The monoisotopic (exact) mass is 325 g/mol. The maximum Gasteiger partial charge on any atom is 0.124 e. The molecule has 5 heteroatoms. The third-order valence-electron chi connectivity index (χ3n) is 2.90. The van der Waals surface area contributed by atoms with Gasteiger partial charge in [0.2, 0.25) is 0 Å². The molecule has 1 atom stereocenters. The molecule has 2 rings (SSSR count). The lowest BCUT2D eigenvalue weighted by Gasteiger charge is -2.18. The molecule has 0 aliphatic heterocycles. The molecular weight excluding hydrogens is 309 g/mol. The van der Waals surface area contributed by atoms with Crippen LogP contribution in [-0.2, 0) is 7.05 Å². The first kappa shape index (κ1) is 14.2. The van der Waals surface area contributed by atoms with Crippen LogP contribution in [0.25, 0.3) is 0 Å². The third kappa shape index (κ3) is 3.42. The highest BCUT2D eigenvalue weighted by molar-refractivity contribution is 9.10. The van der Waals surface area contributed by atoms with E-state index < -0.39 is 0 Å². The lowest BCUT2D eigenvalue weighted by Crippen LogP contribution is -2.24. The van der Waals surface area contributed by atoms with Crippen molar-refractivity contribution in [1.82, 2.24) is 15.1 Å². The second-order valence-electron chi connectivity index (χ2n) is 4.47. The lowest BCUT2D eigenvalue weighted by atomic mass is 10.0. The highest BCUT2D eigenvalue weighted by Crippen LogP contribution is 2.28. The number of hydrogen-bond donors (Lipinski definition) is 1. The first-order valence-electron chi connectivity index (χ1n) is 6.29. The Kier molecular flexibility index (Phi) is 4.71. The van der Waals surface area contributed by atoms with E-state index in [9.17, 15) is 4.39 Å². The average Bonchev–Trinajstić information content (AvgIpc) is 2.78. The summed E-state index contributed by atoms with van der Waals surface area (Å²) in [4.78, 5) is 0. The molecule has 0 radical (unpaired) electrons. The van der Waals surface area contributed by atoms with Crippen molar-refractivity contribution < 1.29 is 4.39 Å². The first-order valence-corrected chi connectivity index (χ1v) is 7.09. The number of halogens is 2. The summed E-state index contributed by atoms with van der Waals surface area (Å²) in [6.45, 7) is 2.99. The van der Waals surface area contributed by atoms with Crippen molar-refractivity contribution in [3.8, 4) is 0 Å². The fourth-order valence-corrected chi connectivity index (χ4v) is 2.56. The van der Waals surface area contributed by atoms with Gasteiger partial charge in [0.25, 0.3) is 0 Å². The Balaban J connectivity index is 2.36. The molecule has 0 saturated heterocycles. The van der Waals surface area contributed by atoms with Gasteiger partial charge in [0.05, 0.1) is 11.7 Å². The minimum absolute atomic E-state index is 0.0314. The third-order valence-corrected chi connectivity index (χ3v) is 3.59. The molecule has 19 heavy (non-hydrogen) atoms. The van der Waals surface area contributed by atoms with E-state index in [1.807, 2.05) is 19.3 Å². The van der Waals surface area contributed by atoms with Crippen LogP contribution in [0.3, 0.4) is 0 Å². The molecule has 3 nitrogen and oxygen atoms in total. The van der Waals surface area contributed by atoms with Gasteiger partial charge in [0, 0.05) is 17.7 Å². The summed E-state index contributed by atoms with van der Waals surface area (Å²) in [5, 5.41) is 7.89. The number of aromatic nitrogens is 2. The second kappa shape index (κ2) is 6.30. The van der Waals surface area contributed by atoms with Crippen LogP contribution >= 0.6 is 15.9 Å². The molecule has 0 aliphatic carbocycles. The molecule has 2 aromatic rings. The van der Waals surface area contributed by atoms with Crippen molar-refractivity contribution in [1.29, 1.82) is 0 Å². The Morgan fingerprint density at radius 3 is 2.79 bits per heavy atom. The maximum absolute atomic E-state index is 13.2.